The molecule has 62 valence electrons. The van der Waals surface area contributed by atoms with E-state index in [1.54, 1.807) is 0 Å². The van der Waals surface area contributed by atoms with Crippen LogP contribution in [0.4, 0.5) is 0 Å². The Morgan fingerprint density at radius 3 is 3.00 bits per heavy atom. The van der Waals surface area contributed by atoms with Crippen LogP contribution in [0.1, 0.15) is 6.92 Å². The molecule has 0 amide bonds. The largest absolute Gasteiger partial charge is 0.373 e. The zero-order valence-corrected chi connectivity index (χ0v) is 7.48. The minimum Gasteiger partial charge on any atom is -0.373 e. The van der Waals surface area contributed by atoms with E-state index in [1.165, 1.54) is 17.9 Å². The second-order valence-corrected chi connectivity index (χ2v) is 3.58. The van der Waals surface area contributed by atoms with Gasteiger partial charge in [0, 0.05) is 0 Å². The van der Waals surface area contributed by atoms with Gasteiger partial charge in [-0.2, -0.15) is 0 Å². The summed E-state index contributed by atoms with van der Waals surface area (Å²) in [5.74, 6) is 0. The monoisotopic (exact) mass is 193 g/mol. The van der Waals surface area contributed by atoms with Crippen molar-refractivity contribution in [1.29, 1.82) is 0 Å². The number of aromatic amines is 1. The van der Waals surface area contributed by atoms with Crippen molar-refractivity contribution in [1.82, 2.24) is 14.8 Å². The highest BCUT2D eigenvalue weighted by atomic mass is 35.5. The number of alkyl halides is 1. The molecule has 1 aromatic heterocycles. The van der Waals surface area contributed by atoms with Crippen molar-refractivity contribution in [2.75, 3.05) is 0 Å². The number of nitrogens with zero attached hydrogens (tertiary/aromatic N) is 2. The quantitative estimate of drug-likeness (QED) is 0.542. The molecule has 6 heteroatoms. The lowest BCUT2D eigenvalue weighted by Crippen LogP contribution is -2.23. The summed E-state index contributed by atoms with van der Waals surface area (Å²) in [6.45, 7) is 1.69. The molecule has 0 saturated heterocycles. The van der Waals surface area contributed by atoms with Crippen molar-refractivity contribution in [2.24, 2.45) is 0 Å². The molecule has 1 rings (SSSR count). The summed E-state index contributed by atoms with van der Waals surface area (Å²) in [6, 6.07) is 0. The van der Waals surface area contributed by atoms with Crippen LogP contribution in [0.15, 0.2) is 6.33 Å². The molecule has 2 N–H and O–H groups in total. The predicted octanol–water partition coefficient (Wildman–Crippen LogP) is 0.888. The van der Waals surface area contributed by atoms with Gasteiger partial charge >= 0.3 is 0 Å². The molecular formula is C5H8ClN3OS. The van der Waals surface area contributed by atoms with Crippen LogP contribution >= 0.6 is 23.8 Å². The first-order valence-corrected chi connectivity index (χ1v) is 3.79. The molecule has 0 radical (unpaired) electrons. The Bertz CT molecular complexity index is 286. The molecule has 0 aliphatic heterocycles. The van der Waals surface area contributed by atoms with Gasteiger partial charge in [0.05, 0.1) is 6.54 Å². The van der Waals surface area contributed by atoms with E-state index in [0.29, 0.717) is 4.77 Å². The molecular weight excluding hydrogens is 186 g/mol. The zero-order valence-electron chi connectivity index (χ0n) is 5.91. The van der Waals surface area contributed by atoms with E-state index in [4.69, 9.17) is 28.9 Å². The van der Waals surface area contributed by atoms with Crippen LogP contribution in [0, 0.1) is 4.77 Å². The molecule has 0 aliphatic rings. The SMILES string of the molecule is CC(O)(Cl)Cn1[nH]cnc1=S. The van der Waals surface area contributed by atoms with Crippen LogP contribution in [0.2, 0.25) is 0 Å². The Kier molecular flexibility index (Phi) is 2.31. The van der Waals surface area contributed by atoms with Crippen LogP contribution in [-0.2, 0) is 6.54 Å². The standard InChI is InChI=1S/C5H8ClN3OS/c1-5(6,10)2-9-4(11)7-3-8-9/h3,10H,2H2,1H3,(H,7,8,11). The topological polar surface area (TPSA) is 53.8 Å². The van der Waals surface area contributed by atoms with Gasteiger partial charge in [0.2, 0.25) is 4.77 Å². The first kappa shape index (κ1) is 8.70. The fourth-order valence-electron chi connectivity index (χ4n) is 0.681. The first-order chi connectivity index (χ1) is 4.99. The van der Waals surface area contributed by atoms with Crippen LogP contribution in [0.3, 0.4) is 0 Å². The molecule has 1 atom stereocenters. The maximum atomic E-state index is 9.16. The Labute approximate surface area is 73.8 Å². The van der Waals surface area contributed by atoms with Crippen LogP contribution in [-0.4, -0.2) is 24.9 Å². The van der Waals surface area contributed by atoms with Crippen molar-refractivity contribution in [3.05, 3.63) is 11.1 Å². The lowest BCUT2D eigenvalue weighted by atomic mass is 10.4. The molecule has 0 fully saturated rings. The van der Waals surface area contributed by atoms with E-state index in [-0.39, 0.29) is 6.54 Å². The Hall–Kier alpha value is -0.390. The molecule has 0 aliphatic carbocycles. The molecule has 0 saturated carbocycles. The average Bonchev–Trinajstić information content (AvgIpc) is 2.12. The third-order valence-electron chi connectivity index (χ3n) is 1.07. The van der Waals surface area contributed by atoms with E-state index in [1.807, 2.05) is 0 Å². The highest BCUT2D eigenvalue weighted by molar-refractivity contribution is 7.71. The van der Waals surface area contributed by atoms with E-state index in [0.717, 1.165) is 0 Å². The number of aliphatic hydroxyl groups is 1. The smallest absolute Gasteiger partial charge is 0.215 e. The number of hydrogen-bond donors (Lipinski definition) is 2. The minimum atomic E-state index is -1.29. The second-order valence-electron chi connectivity index (χ2n) is 2.40. The number of halogens is 1. The average molecular weight is 194 g/mol. The lowest BCUT2D eigenvalue weighted by Gasteiger charge is -2.13. The van der Waals surface area contributed by atoms with Crippen molar-refractivity contribution in [3.8, 4) is 0 Å². The molecule has 1 aromatic rings. The van der Waals surface area contributed by atoms with Gasteiger partial charge in [-0.05, 0) is 19.1 Å². The molecule has 4 nitrogen and oxygen atoms in total. The summed E-state index contributed by atoms with van der Waals surface area (Å²) in [5.41, 5.74) is 0. The van der Waals surface area contributed by atoms with E-state index < -0.39 is 5.06 Å². The van der Waals surface area contributed by atoms with Gasteiger partial charge in [0.25, 0.3) is 0 Å². The number of hydrogen-bond acceptors (Lipinski definition) is 3. The van der Waals surface area contributed by atoms with Crippen molar-refractivity contribution < 1.29 is 5.11 Å². The summed E-state index contributed by atoms with van der Waals surface area (Å²) in [5, 5.41) is 10.6. The van der Waals surface area contributed by atoms with E-state index >= 15 is 0 Å². The third-order valence-corrected chi connectivity index (χ3v) is 1.51. The maximum absolute atomic E-state index is 9.16. The van der Waals surface area contributed by atoms with Gasteiger partial charge in [-0.25, -0.2) is 4.98 Å². The Morgan fingerprint density at radius 1 is 2.00 bits per heavy atom. The van der Waals surface area contributed by atoms with Crippen molar-refractivity contribution in [2.45, 2.75) is 18.5 Å². The van der Waals surface area contributed by atoms with Crippen molar-refractivity contribution >= 4 is 23.8 Å². The normalized spacial score (nSPS) is 16.3. The lowest BCUT2D eigenvalue weighted by molar-refractivity contribution is 0.123. The first-order valence-electron chi connectivity index (χ1n) is 3.00. The Morgan fingerprint density at radius 2 is 2.64 bits per heavy atom. The number of nitrogens with one attached hydrogen (secondary N) is 1. The van der Waals surface area contributed by atoms with Gasteiger partial charge in [0.1, 0.15) is 6.33 Å². The van der Waals surface area contributed by atoms with Gasteiger partial charge in [-0.15, -0.1) is 0 Å². The van der Waals surface area contributed by atoms with Gasteiger partial charge in [0.15, 0.2) is 5.06 Å². The highest BCUT2D eigenvalue weighted by Crippen LogP contribution is 2.11. The fourth-order valence-corrected chi connectivity index (χ4v) is 0.970. The summed E-state index contributed by atoms with van der Waals surface area (Å²) >= 11 is 10.3. The van der Waals surface area contributed by atoms with E-state index in [9.17, 15) is 0 Å². The summed E-state index contributed by atoms with van der Waals surface area (Å²) < 4.78 is 1.87. The molecule has 1 unspecified atom stereocenters. The number of rotatable bonds is 2. The molecule has 0 bridgehead atoms. The van der Waals surface area contributed by atoms with Crippen LogP contribution in [0.5, 0.6) is 0 Å². The molecule has 11 heavy (non-hydrogen) atoms. The van der Waals surface area contributed by atoms with Crippen LogP contribution < -0.4 is 0 Å². The number of H-pyrrole nitrogens is 1. The predicted molar refractivity (Wildman–Crippen MR) is 43.9 cm³/mol. The summed E-state index contributed by atoms with van der Waals surface area (Å²) in [4.78, 5) is 3.75. The highest BCUT2D eigenvalue weighted by Gasteiger charge is 2.16. The fraction of sp³-hybridized carbons (Fsp3) is 0.600. The van der Waals surface area contributed by atoms with Crippen molar-refractivity contribution in [3.63, 3.8) is 0 Å². The van der Waals surface area contributed by atoms with E-state index in [2.05, 4.69) is 10.1 Å². The third kappa shape index (κ3) is 2.61. The molecule has 0 spiro atoms. The van der Waals surface area contributed by atoms with Gasteiger partial charge in [-0.3, -0.25) is 9.78 Å². The number of aromatic nitrogens is 3. The Balaban J connectivity index is 2.80. The minimum absolute atomic E-state index is 0.202. The van der Waals surface area contributed by atoms with Crippen LogP contribution in [0.25, 0.3) is 0 Å². The zero-order chi connectivity index (χ0) is 8.48. The summed E-state index contributed by atoms with van der Waals surface area (Å²) in [6.07, 6.45) is 1.45. The molecule has 1 heterocycles. The molecule has 0 aromatic carbocycles. The summed E-state index contributed by atoms with van der Waals surface area (Å²) in [7, 11) is 0. The second kappa shape index (κ2) is 2.92. The van der Waals surface area contributed by atoms with Gasteiger partial charge < -0.3 is 5.11 Å². The maximum Gasteiger partial charge on any atom is 0.215 e. The van der Waals surface area contributed by atoms with Gasteiger partial charge in [-0.1, -0.05) is 11.6 Å².